The molecule has 1 aliphatic rings. The molecule has 0 spiro atoms. The van der Waals surface area contributed by atoms with Gasteiger partial charge in [-0.1, -0.05) is 194 Å². The summed E-state index contributed by atoms with van der Waals surface area (Å²) in [7, 11) is 0. The standard InChI is InChI=1S/C59H37N3/c1-4-15-39(16-5-1)52-36-53(44-22-12-21-43(35-44)45-23-14-34-60-37-45)62-59(61-52)42-30-28-38(29-31-42)46-32-33-51-56-47(46)26-13-27-50(56)57-54(40-17-6-2-7-18-40)48-24-10-11-25-49(48)55(58(51)57)41-19-8-3-9-20-41/h1-37H. The number of aromatic nitrogens is 3. The molecule has 0 saturated heterocycles. The highest BCUT2D eigenvalue weighted by Gasteiger charge is 2.31. The van der Waals surface area contributed by atoms with Gasteiger partial charge in [-0.2, -0.15) is 0 Å². The second-order valence-corrected chi connectivity index (χ2v) is 15.9. The first kappa shape index (κ1) is 35.7. The van der Waals surface area contributed by atoms with E-state index < -0.39 is 0 Å². The SMILES string of the molecule is c1ccc(-c2cc(-c3cccc(-c4cccnc4)c3)nc(-c3ccc(-c4ccc5c6c(cccc46)-c4c-5c(-c5ccccc5)c5ccccc5c4-c4ccccc4)cc3)n2)cc1. The van der Waals surface area contributed by atoms with Gasteiger partial charge in [-0.3, -0.25) is 4.98 Å². The molecule has 3 nitrogen and oxygen atoms in total. The van der Waals surface area contributed by atoms with Crippen LogP contribution in [0.2, 0.25) is 0 Å². The molecule has 0 saturated carbocycles. The summed E-state index contributed by atoms with van der Waals surface area (Å²) in [5.41, 5.74) is 19.5. The van der Waals surface area contributed by atoms with Gasteiger partial charge in [0.15, 0.2) is 5.82 Å². The summed E-state index contributed by atoms with van der Waals surface area (Å²) >= 11 is 0. The predicted molar refractivity (Wildman–Crippen MR) is 257 cm³/mol. The summed E-state index contributed by atoms with van der Waals surface area (Å²) < 4.78 is 0. The van der Waals surface area contributed by atoms with E-state index in [-0.39, 0.29) is 0 Å². The predicted octanol–water partition coefficient (Wildman–Crippen LogP) is 15.5. The Bertz CT molecular complexity index is 3380. The lowest BCUT2D eigenvalue weighted by Crippen LogP contribution is -1.96. The van der Waals surface area contributed by atoms with Crippen LogP contribution in [-0.4, -0.2) is 15.0 Å². The van der Waals surface area contributed by atoms with Gasteiger partial charge in [0.2, 0.25) is 0 Å². The molecule has 62 heavy (non-hydrogen) atoms. The molecular formula is C59H37N3. The number of pyridine rings is 1. The number of rotatable bonds is 7. The number of fused-ring (bicyclic) bond motifs is 4. The Kier molecular flexibility index (Phi) is 8.50. The minimum absolute atomic E-state index is 0.685. The van der Waals surface area contributed by atoms with Gasteiger partial charge in [-0.05, 0) is 101 Å². The van der Waals surface area contributed by atoms with E-state index >= 15 is 0 Å². The molecule has 11 aromatic rings. The maximum atomic E-state index is 5.20. The molecule has 12 rings (SSSR count). The number of hydrogen-bond donors (Lipinski definition) is 0. The molecule has 0 fully saturated rings. The normalized spacial score (nSPS) is 11.5. The van der Waals surface area contributed by atoms with E-state index in [1.165, 1.54) is 71.6 Å². The van der Waals surface area contributed by atoms with Crippen LogP contribution in [0.4, 0.5) is 0 Å². The van der Waals surface area contributed by atoms with Crippen molar-refractivity contribution in [3.63, 3.8) is 0 Å². The quantitative estimate of drug-likeness (QED) is 0.161. The largest absolute Gasteiger partial charge is 0.264 e. The third kappa shape index (κ3) is 5.94. The van der Waals surface area contributed by atoms with Crippen LogP contribution < -0.4 is 0 Å². The smallest absolute Gasteiger partial charge is 0.160 e. The van der Waals surface area contributed by atoms with Crippen LogP contribution in [0.1, 0.15) is 0 Å². The Balaban J connectivity index is 1.00. The Morgan fingerprint density at radius 1 is 0.274 bits per heavy atom. The zero-order valence-electron chi connectivity index (χ0n) is 33.7. The first-order valence-electron chi connectivity index (χ1n) is 21.1. The zero-order valence-corrected chi connectivity index (χ0v) is 33.7. The average Bonchev–Trinajstić information content (AvgIpc) is 3.69. The first-order chi connectivity index (χ1) is 30.8. The van der Waals surface area contributed by atoms with E-state index in [0.717, 1.165) is 44.8 Å². The van der Waals surface area contributed by atoms with Crippen molar-refractivity contribution in [3.8, 4) is 101 Å². The number of nitrogens with zero attached hydrogens (tertiary/aromatic N) is 3. The molecular weight excluding hydrogens is 751 g/mol. The third-order valence-electron chi connectivity index (χ3n) is 12.3. The molecule has 2 heterocycles. The molecule has 0 unspecified atom stereocenters. The van der Waals surface area contributed by atoms with E-state index in [2.05, 4.69) is 205 Å². The summed E-state index contributed by atoms with van der Waals surface area (Å²) in [4.78, 5) is 14.7. The number of benzene rings is 9. The Labute approximate surface area is 360 Å². The Morgan fingerprint density at radius 2 is 0.774 bits per heavy atom. The second-order valence-electron chi connectivity index (χ2n) is 15.9. The van der Waals surface area contributed by atoms with Crippen molar-refractivity contribution >= 4 is 21.5 Å². The topological polar surface area (TPSA) is 38.7 Å². The van der Waals surface area contributed by atoms with Crippen LogP contribution in [0.3, 0.4) is 0 Å². The van der Waals surface area contributed by atoms with E-state index in [4.69, 9.17) is 9.97 Å². The van der Waals surface area contributed by atoms with Gasteiger partial charge in [-0.25, -0.2) is 9.97 Å². The van der Waals surface area contributed by atoms with Crippen LogP contribution in [-0.2, 0) is 0 Å². The third-order valence-corrected chi connectivity index (χ3v) is 12.3. The molecule has 0 bridgehead atoms. The molecule has 1 aliphatic carbocycles. The summed E-state index contributed by atoms with van der Waals surface area (Å²) in [6, 6.07) is 76.0. The summed E-state index contributed by atoms with van der Waals surface area (Å²) in [6.07, 6.45) is 3.70. The lowest BCUT2D eigenvalue weighted by atomic mass is 9.82. The second kappa shape index (κ2) is 14.8. The fourth-order valence-corrected chi connectivity index (χ4v) is 9.53. The van der Waals surface area contributed by atoms with Gasteiger partial charge in [0.25, 0.3) is 0 Å². The van der Waals surface area contributed by atoms with Crippen molar-refractivity contribution < 1.29 is 0 Å². The van der Waals surface area contributed by atoms with Crippen molar-refractivity contribution in [2.45, 2.75) is 0 Å². The summed E-state index contributed by atoms with van der Waals surface area (Å²) in [6.45, 7) is 0. The molecule has 3 heteroatoms. The van der Waals surface area contributed by atoms with Gasteiger partial charge in [0.1, 0.15) is 0 Å². The van der Waals surface area contributed by atoms with Gasteiger partial charge >= 0.3 is 0 Å². The highest BCUT2D eigenvalue weighted by Crippen LogP contribution is 2.58. The van der Waals surface area contributed by atoms with Crippen LogP contribution in [0, 0.1) is 0 Å². The maximum absolute atomic E-state index is 5.20. The van der Waals surface area contributed by atoms with Gasteiger partial charge in [0.05, 0.1) is 11.4 Å². The van der Waals surface area contributed by atoms with Crippen molar-refractivity contribution in [2.24, 2.45) is 0 Å². The van der Waals surface area contributed by atoms with Crippen LogP contribution in [0.5, 0.6) is 0 Å². The maximum Gasteiger partial charge on any atom is 0.160 e. The highest BCUT2D eigenvalue weighted by molar-refractivity contribution is 6.28. The van der Waals surface area contributed by atoms with E-state index in [0.29, 0.717) is 5.82 Å². The fourth-order valence-electron chi connectivity index (χ4n) is 9.53. The monoisotopic (exact) mass is 787 g/mol. The molecule has 2 aromatic heterocycles. The minimum atomic E-state index is 0.685. The molecule has 0 N–H and O–H groups in total. The van der Waals surface area contributed by atoms with E-state index in [9.17, 15) is 0 Å². The lowest BCUT2D eigenvalue weighted by molar-refractivity contribution is 1.18. The summed E-state index contributed by atoms with van der Waals surface area (Å²) in [5, 5.41) is 5.06. The summed E-state index contributed by atoms with van der Waals surface area (Å²) in [5.74, 6) is 0.685. The average molecular weight is 788 g/mol. The van der Waals surface area contributed by atoms with Gasteiger partial charge in [-0.15, -0.1) is 0 Å². The van der Waals surface area contributed by atoms with Crippen molar-refractivity contribution in [1.82, 2.24) is 15.0 Å². The molecule has 0 amide bonds. The van der Waals surface area contributed by atoms with Crippen molar-refractivity contribution in [1.29, 1.82) is 0 Å². The lowest BCUT2D eigenvalue weighted by Gasteiger charge is -2.20. The highest BCUT2D eigenvalue weighted by atomic mass is 14.9. The van der Waals surface area contributed by atoms with Crippen LogP contribution in [0.25, 0.3) is 122 Å². The molecule has 288 valence electrons. The first-order valence-corrected chi connectivity index (χ1v) is 21.1. The van der Waals surface area contributed by atoms with Crippen LogP contribution in [0.15, 0.2) is 225 Å². The molecule has 0 radical (unpaired) electrons. The zero-order chi connectivity index (χ0) is 41.0. The molecule has 0 atom stereocenters. The number of hydrogen-bond acceptors (Lipinski definition) is 3. The molecule has 0 aliphatic heterocycles. The van der Waals surface area contributed by atoms with E-state index in [1.807, 2.05) is 18.3 Å². The Hall–Kier alpha value is -8.27. The van der Waals surface area contributed by atoms with Gasteiger partial charge < -0.3 is 0 Å². The fraction of sp³-hybridized carbons (Fsp3) is 0. The molecule has 9 aromatic carbocycles. The Morgan fingerprint density at radius 3 is 1.42 bits per heavy atom. The van der Waals surface area contributed by atoms with Crippen molar-refractivity contribution in [2.75, 3.05) is 0 Å². The van der Waals surface area contributed by atoms with E-state index in [1.54, 1.807) is 6.20 Å². The minimum Gasteiger partial charge on any atom is -0.264 e. The van der Waals surface area contributed by atoms with Crippen molar-refractivity contribution in [3.05, 3.63) is 225 Å². The van der Waals surface area contributed by atoms with Gasteiger partial charge in [0, 0.05) is 34.6 Å². The van der Waals surface area contributed by atoms with Crippen LogP contribution >= 0.6 is 0 Å².